The van der Waals surface area contributed by atoms with Crippen LogP contribution in [-0.4, -0.2) is 32.5 Å². The second-order valence-electron chi connectivity index (χ2n) is 4.19. The third kappa shape index (κ3) is 3.27. The van der Waals surface area contributed by atoms with Crippen LogP contribution in [0.5, 0.6) is 0 Å². The smallest absolute Gasteiger partial charge is 0.154 e. The van der Waals surface area contributed by atoms with E-state index in [4.69, 9.17) is 0 Å². The molecule has 0 bridgehead atoms. The molecule has 0 spiro atoms. The summed E-state index contributed by atoms with van der Waals surface area (Å²) in [5.41, 5.74) is 0. The molecule has 0 saturated carbocycles. The first-order valence-electron chi connectivity index (χ1n) is 4.94. The van der Waals surface area contributed by atoms with Crippen molar-refractivity contribution in [3.63, 3.8) is 0 Å². The number of nitrogens with one attached hydrogen (secondary N) is 1. The maximum atomic E-state index is 11.8. The van der Waals surface area contributed by atoms with Crippen LogP contribution >= 0.6 is 0 Å². The first-order valence-corrected chi connectivity index (χ1v) is 6.66. The van der Waals surface area contributed by atoms with Gasteiger partial charge in [0, 0.05) is 6.54 Å². The molecule has 1 rings (SSSR count). The second kappa shape index (κ2) is 4.42. The van der Waals surface area contributed by atoms with Crippen LogP contribution in [0.3, 0.4) is 0 Å². The Hall–Kier alpha value is -0.0900. The number of hydrogen-bond acceptors (Lipinski definition) is 3. The van der Waals surface area contributed by atoms with Gasteiger partial charge in [0.15, 0.2) is 9.84 Å². The van der Waals surface area contributed by atoms with Gasteiger partial charge in [0.2, 0.25) is 0 Å². The minimum absolute atomic E-state index is 0.136. The number of rotatable bonds is 3. The average Bonchev–Trinajstić information content (AvgIpc) is 2.04. The summed E-state index contributed by atoms with van der Waals surface area (Å²) in [6.45, 7) is 5.52. The molecule has 0 aromatic heterocycles. The molecule has 3 nitrogen and oxygen atoms in total. The van der Waals surface area contributed by atoms with E-state index in [1.54, 1.807) is 0 Å². The molecule has 0 aliphatic carbocycles. The highest BCUT2D eigenvalue weighted by Gasteiger charge is 2.27. The SMILES string of the molecule is CC(C)CS(=O)(=O)C1CCCNC1. The Kier molecular flexibility index (Phi) is 3.74. The van der Waals surface area contributed by atoms with Crippen molar-refractivity contribution in [1.82, 2.24) is 5.32 Å². The summed E-state index contributed by atoms with van der Waals surface area (Å²) in [6, 6.07) is 0. The van der Waals surface area contributed by atoms with E-state index in [9.17, 15) is 8.42 Å². The number of piperidine rings is 1. The van der Waals surface area contributed by atoms with Gasteiger partial charge in [-0.2, -0.15) is 0 Å². The quantitative estimate of drug-likeness (QED) is 0.741. The fourth-order valence-electron chi connectivity index (χ4n) is 1.73. The first-order chi connectivity index (χ1) is 6.02. The predicted molar refractivity (Wildman–Crippen MR) is 54.5 cm³/mol. The lowest BCUT2D eigenvalue weighted by Crippen LogP contribution is -2.40. The van der Waals surface area contributed by atoms with Crippen molar-refractivity contribution in [3.8, 4) is 0 Å². The third-order valence-corrected chi connectivity index (χ3v) is 4.87. The molecule has 1 aliphatic rings. The summed E-state index contributed by atoms with van der Waals surface area (Å²) in [4.78, 5) is 0. The zero-order valence-electron chi connectivity index (χ0n) is 8.41. The standard InChI is InChI=1S/C9H19NO2S/c1-8(2)7-13(11,12)9-4-3-5-10-6-9/h8-10H,3-7H2,1-2H3. The van der Waals surface area contributed by atoms with E-state index in [0.717, 1.165) is 19.4 Å². The topological polar surface area (TPSA) is 46.2 Å². The van der Waals surface area contributed by atoms with Crippen molar-refractivity contribution in [2.75, 3.05) is 18.8 Å². The van der Waals surface area contributed by atoms with Gasteiger partial charge in [0.05, 0.1) is 11.0 Å². The van der Waals surface area contributed by atoms with Crippen molar-refractivity contribution in [2.45, 2.75) is 31.9 Å². The minimum atomic E-state index is -2.85. The van der Waals surface area contributed by atoms with Crippen LogP contribution in [0.4, 0.5) is 0 Å². The molecular formula is C9H19NO2S. The lowest BCUT2D eigenvalue weighted by molar-refractivity contribution is 0.492. The fraction of sp³-hybridized carbons (Fsp3) is 1.00. The van der Waals surface area contributed by atoms with Crippen molar-refractivity contribution in [2.24, 2.45) is 5.92 Å². The van der Waals surface area contributed by atoms with Crippen LogP contribution in [0.25, 0.3) is 0 Å². The molecule has 1 aliphatic heterocycles. The molecule has 0 radical (unpaired) electrons. The Labute approximate surface area is 80.8 Å². The molecule has 13 heavy (non-hydrogen) atoms. The number of sulfone groups is 1. The van der Waals surface area contributed by atoms with E-state index in [1.807, 2.05) is 13.8 Å². The van der Waals surface area contributed by atoms with Crippen LogP contribution in [0.1, 0.15) is 26.7 Å². The Morgan fingerprint density at radius 2 is 2.15 bits per heavy atom. The van der Waals surface area contributed by atoms with Crippen LogP contribution < -0.4 is 5.32 Å². The predicted octanol–water partition coefficient (Wildman–Crippen LogP) is 0.809. The monoisotopic (exact) mass is 205 g/mol. The van der Waals surface area contributed by atoms with E-state index < -0.39 is 9.84 Å². The van der Waals surface area contributed by atoms with E-state index >= 15 is 0 Å². The fourth-order valence-corrected chi connectivity index (χ4v) is 3.83. The molecule has 1 fully saturated rings. The number of hydrogen-bond donors (Lipinski definition) is 1. The molecule has 1 heterocycles. The van der Waals surface area contributed by atoms with Crippen LogP contribution in [-0.2, 0) is 9.84 Å². The molecule has 4 heteroatoms. The molecule has 1 saturated heterocycles. The maximum absolute atomic E-state index is 11.8. The van der Waals surface area contributed by atoms with Gasteiger partial charge in [-0.3, -0.25) is 0 Å². The zero-order chi connectivity index (χ0) is 9.90. The summed E-state index contributed by atoms with van der Waals surface area (Å²) >= 11 is 0. The van der Waals surface area contributed by atoms with Gasteiger partial charge in [0.25, 0.3) is 0 Å². The second-order valence-corrected chi connectivity index (χ2v) is 6.52. The molecule has 1 N–H and O–H groups in total. The third-order valence-electron chi connectivity index (χ3n) is 2.33. The Morgan fingerprint density at radius 1 is 1.46 bits per heavy atom. The summed E-state index contributed by atoms with van der Waals surface area (Å²) in [7, 11) is -2.85. The van der Waals surface area contributed by atoms with Gasteiger partial charge in [0.1, 0.15) is 0 Å². The largest absolute Gasteiger partial charge is 0.315 e. The van der Waals surface area contributed by atoms with Crippen molar-refractivity contribution < 1.29 is 8.42 Å². The van der Waals surface area contributed by atoms with Crippen molar-refractivity contribution in [3.05, 3.63) is 0 Å². The normalized spacial score (nSPS) is 25.0. The Balaban J connectivity index is 2.57. The van der Waals surface area contributed by atoms with Gasteiger partial charge >= 0.3 is 0 Å². The molecule has 0 aromatic carbocycles. The highest BCUT2D eigenvalue weighted by Crippen LogP contribution is 2.14. The van der Waals surface area contributed by atoms with Crippen LogP contribution in [0, 0.1) is 5.92 Å². The van der Waals surface area contributed by atoms with Gasteiger partial charge in [-0.1, -0.05) is 13.8 Å². The van der Waals surface area contributed by atoms with Crippen molar-refractivity contribution >= 4 is 9.84 Å². The molecular weight excluding hydrogens is 186 g/mol. The van der Waals surface area contributed by atoms with Crippen LogP contribution in [0.15, 0.2) is 0 Å². The van der Waals surface area contributed by atoms with E-state index in [-0.39, 0.29) is 11.2 Å². The van der Waals surface area contributed by atoms with Gasteiger partial charge in [-0.15, -0.1) is 0 Å². The van der Waals surface area contributed by atoms with Crippen LogP contribution in [0.2, 0.25) is 0 Å². The average molecular weight is 205 g/mol. The van der Waals surface area contributed by atoms with E-state index in [2.05, 4.69) is 5.32 Å². The highest BCUT2D eigenvalue weighted by molar-refractivity contribution is 7.92. The summed E-state index contributed by atoms with van der Waals surface area (Å²) in [6.07, 6.45) is 1.82. The van der Waals surface area contributed by atoms with Crippen molar-refractivity contribution in [1.29, 1.82) is 0 Å². The van der Waals surface area contributed by atoms with Gasteiger partial charge in [-0.05, 0) is 25.3 Å². The van der Waals surface area contributed by atoms with E-state index in [0.29, 0.717) is 12.3 Å². The summed E-state index contributed by atoms with van der Waals surface area (Å²) < 4.78 is 23.5. The lowest BCUT2D eigenvalue weighted by Gasteiger charge is -2.23. The molecule has 0 amide bonds. The molecule has 0 aromatic rings. The highest BCUT2D eigenvalue weighted by atomic mass is 32.2. The Morgan fingerprint density at radius 3 is 2.62 bits per heavy atom. The zero-order valence-corrected chi connectivity index (χ0v) is 9.23. The van der Waals surface area contributed by atoms with E-state index in [1.165, 1.54) is 0 Å². The summed E-state index contributed by atoms with van der Waals surface area (Å²) in [5.74, 6) is 0.575. The molecule has 78 valence electrons. The molecule has 1 atom stereocenters. The van der Waals surface area contributed by atoms with Gasteiger partial charge < -0.3 is 5.32 Å². The Bertz CT molecular complexity index is 240. The molecule has 1 unspecified atom stereocenters. The maximum Gasteiger partial charge on any atom is 0.154 e. The first kappa shape index (κ1) is 11.0. The summed E-state index contributed by atoms with van der Waals surface area (Å²) in [5, 5.41) is 3.00. The van der Waals surface area contributed by atoms with Gasteiger partial charge in [-0.25, -0.2) is 8.42 Å². The minimum Gasteiger partial charge on any atom is -0.315 e. The lowest BCUT2D eigenvalue weighted by atomic mass is 10.2.